The summed E-state index contributed by atoms with van der Waals surface area (Å²) in [6, 6.07) is 0. The van der Waals surface area contributed by atoms with Crippen molar-refractivity contribution >= 4 is 18.0 Å². The Morgan fingerprint density at radius 1 is 1.24 bits per heavy atom. The summed E-state index contributed by atoms with van der Waals surface area (Å²) in [7, 11) is 0. The van der Waals surface area contributed by atoms with E-state index in [9.17, 15) is 24.6 Å². The first-order chi connectivity index (χ1) is 16.7. The topological polar surface area (TPSA) is 131 Å². The van der Waals surface area contributed by atoms with Crippen LogP contribution in [0.5, 0.6) is 0 Å². The molecule has 2 saturated carbocycles. The standard InChI is InChI=1S/C27H41NO8.2Ac/c1-16-7-10-20-26(5,12-11-21(30)27(20,6)15-29)18(16)9-8-17-19(14-34-23(17)32)35-22(31)13-28-24(33)36-25(2,3)4;;/h8,18-21,29-30H,1,7,9-15H2,2-6H3,(H,28,33);;/b17-8+;;/t18-,19?,20?,21?,26+,27-;;/m0../s1. The van der Waals surface area contributed by atoms with Gasteiger partial charge in [0.15, 0.2) is 6.10 Å². The van der Waals surface area contributed by atoms with Gasteiger partial charge in [-0.2, -0.15) is 0 Å². The van der Waals surface area contributed by atoms with Gasteiger partial charge >= 0.3 is 18.0 Å². The number of nitrogens with one attached hydrogen (secondary N) is 1. The van der Waals surface area contributed by atoms with E-state index in [-0.39, 0.29) is 124 Å². The summed E-state index contributed by atoms with van der Waals surface area (Å²) in [5.41, 5.74) is -0.122. The zero-order chi connectivity index (χ0) is 26.9. The summed E-state index contributed by atoms with van der Waals surface area (Å²) in [4.78, 5) is 36.5. The number of hydrogen-bond acceptors (Lipinski definition) is 8. The van der Waals surface area contributed by atoms with Gasteiger partial charge in [-0.3, -0.25) is 4.79 Å². The molecule has 3 unspecified atom stereocenters. The predicted octanol–water partition coefficient (Wildman–Crippen LogP) is 3.04. The van der Waals surface area contributed by atoms with Crippen molar-refractivity contribution in [1.29, 1.82) is 0 Å². The van der Waals surface area contributed by atoms with Gasteiger partial charge in [-0.25, -0.2) is 9.59 Å². The molecule has 3 N–H and O–H groups in total. The molecule has 3 rings (SSSR count). The van der Waals surface area contributed by atoms with Gasteiger partial charge in [-0.1, -0.05) is 32.1 Å². The van der Waals surface area contributed by atoms with Gasteiger partial charge in [0.25, 0.3) is 0 Å². The Balaban J connectivity index is 0.00000361. The van der Waals surface area contributed by atoms with Gasteiger partial charge in [-0.15, -0.1) is 0 Å². The molecule has 1 heterocycles. The maximum absolute atomic E-state index is 12.4. The Morgan fingerprint density at radius 2 is 1.89 bits per heavy atom. The molecule has 0 aromatic rings. The van der Waals surface area contributed by atoms with Crippen molar-refractivity contribution in [3.05, 3.63) is 23.8 Å². The van der Waals surface area contributed by atoms with Crippen LogP contribution in [0.2, 0.25) is 0 Å². The van der Waals surface area contributed by atoms with Gasteiger partial charge in [0.2, 0.25) is 0 Å². The molecule has 0 aromatic heterocycles. The van der Waals surface area contributed by atoms with Crippen molar-refractivity contribution in [2.75, 3.05) is 19.8 Å². The molecule has 11 heteroatoms. The number of rotatable bonds is 6. The number of esters is 2. The van der Waals surface area contributed by atoms with E-state index in [1.54, 1.807) is 26.8 Å². The first kappa shape index (κ1) is 36.5. The van der Waals surface area contributed by atoms with Crippen LogP contribution in [0, 0.1) is 111 Å². The molecular weight excluding hydrogens is 920 g/mol. The normalized spacial score (nSPS) is 33.8. The third-order valence-corrected chi connectivity index (χ3v) is 8.26. The van der Waals surface area contributed by atoms with Gasteiger partial charge in [0.05, 0.1) is 18.3 Å². The number of hydrogen-bond donors (Lipinski definition) is 3. The van der Waals surface area contributed by atoms with Crippen molar-refractivity contribution in [2.45, 2.75) is 84.5 Å². The van der Waals surface area contributed by atoms with Gasteiger partial charge in [-0.05, 0) is 70.1 Å². The van der Waals surface area contributed by atoms with Crippen LogP contribution in [-0.2, 0) is 23.8 Å². The molecule has 2 aliphatic carbocycles. The number of alkyl carbamates (subject to hydrolysis) is 1. The van der Waals surface area contributed by atoms with Crippen LogP contribution in [-0.4, -0.2) is 65.8 Å². The molecule has 2 radical (unpaired) electrons. The van der Waals surface area contributed by atoms with Crippen LogP contribution in [0.15, 0.2) is 23.8 Å². The smallest absolute Gasteiger partial charge is 0.408 e. The van der Waals surface area contributed by atoms with Crippen molar-refractivity contribution in [3.8, 4) is 0 Å². The predicted molar refractivity (Wildman–Crippen MR) is 132 cm³/mol. The average Bonchev–Trinajstić information content (AvgIpc) is 3.12. The Labute approximate surface area is 297 Å². The monoisotopic (exact) mass is 961 g/mol. The number of cyclic esters (lactones) is 1. The Hall–Kier alpha value is 0.493. The van der Waals surface area contributed by atoms with E-state index >= 15 is 0 Å². The summed E-state index contributed by atoms with van der Waals surface area (Å²) in [6.07, 6.45) is 3.16. The fourth-order valence-electron chi connectivity index (χ4n) is 6.31. The summed E-state index contributed by atoms with van der Waals surface area (Å²) >= 11 is 0. The number of aliphatic hydroxyl groups is 2. The summed E-state index contributed by atoms with van der Waals surface area (Å²) in [6.45, 7) is 13.0. The maximum atomic E-state index is 12.4. The van der Waals surface area contributed by atoms with Crippen LogP contribution in [0.25, 0.3) is 0 Å². The molecule has 0 bridgehead atoms. The quantitative estimate of drug-likeness (QED) is 0.161. The number of amides is 1. The van der Waals surface area contributed by atoms with Crippen molar-refractivity contribution in [3.63, 3.8) is 0 Å². The molecule has 9 nitrogen and oxygen atoms in total. The number of carbonyl (C=O) groups excluding carboxylic acids is 3. The molecule has 0 spiro atoms. The fraction of sp³-hybridized carbons (Fsp3) is 0.741. The Kier molecular flexibility index (Phi) is 14.0. The Morgan fingerprint density at radius 3 is 2.50 bits per heavy atom. The van der Waals surface area contributed by atoms with Crippen LogP contribution >= 0.6 is 0 Å². The van der Waals surface area contributed by atoms with Crippen molar-refractivity contribution in [2.24, 2.45) is 22.7 Å². The molecule has 6 atom stereocenters. The first-order valence-electron chi connectivity index (χ1n) is 12.7. The molecule has 1 amide bonds. The largest absolute Gasteiger partial charge is 0.458 e. The number of fused-ring (bicyclic) bond motifs is 1. The van der Waals surface area contributed by atoms with Gasteiger partial charge in [0.1, 0.15) is 18.8 Å². The Bertz CT molecular complexity index is 933. The molecule has 1 saturated heterocycles. The average molecular weight is 962 g/mol. The number of ether oxygens (including phenoxy) is 3. The molecule has 1 aliphatic heterocycles. The number of carbonyl (C=O) groups is 3. The van der Waals surface area contributed by atoms with E-state index in [1.807, 2.05) is 6.92 Å². The third-order valence-electron chi connectivity index (χ3n) is 8.26. The third kappa shape index (κ3) is 8.28. The second kappa shape index (κ2) is 14.6. The van der Waals surface area contributed by atoms with Gasteiger partial charge < -0.3 is 29.7 Å². The molecule has 0 aromatic carbocycles. The molecular formula is C27H41Ac2NO8. The molecule has 3 fully saturated rings. The second-order valence-corrected chi connectivity index (χ2v) is 11.9. The van der Waals surface area contributed by atoms with Crippen LogP contribution in [0.3, 0.4) is 0 Å². The summed E-state index contributed by atoms with van der Waals surface area (Å²) in [5, 5.41) is 23.2. The molecule has 208 valence electrons. The summed E-state index contributed by atoms with van der Waals surface area (Å²) in [5.74, 6) is -1.09. The fourth-order valence-corrected chi connectivity index (χ4v) is 6.31. The zero-order valence-corrected chi connectivity index (χ0v) is 32.7. The van der Waals surface area contributed by atoms with E-state index in [4.69, 9.17) is 14.2 Å². The van der Waals surface area contributed by atoms with E-state index in [0.717, 1.165) is 24.8 Å². The second-order valence-electron chi connectivity index (χ2n) is 11.9. The zero-order valence-electron chi connectivity index (χ0n) is 23.2. The van der Waals surface area contributed by atoms with Crippen molar-refractivity contribution in [1.82, 2.24) is 5.32 Å². The minimum absolute atomic E-state index is 0. The van der Waals surface area contributed by atoms with Gasteiger partial charge in [0, 0.05) is 93.5 Å². The van der Waals surface area contributed by atoms with Crippen LogP contribution in [0.4, 0.5) is 4.79 Å². The van der Waals surface area contributed by atoms with Crippen LogP contribution in [0.1, 0.15) is 66.7 Å². The maximum Gasteiger partial charge on any atom is 0.408 e. The van der Waals surface area contributed by atoms with Crippen molar-refractivity contribution < 1.29 is 127 Å². The van der Waals surface area contributed by atoms with E-state index < -0.39 is 47.8 Å². The minimum Gasteiger partial charge on any atom is -0.458 e. The van der Waals surface area contributed by atoms with E-state index in [1.165, 1.54) is 0 Å². The van der Waals surface area contributed by atoms with E-state index in [0.29, 0.717) is 12.8 Å². The molecule has 3 aliphatic rings. The SMILES string of the molecule is C=C1CCC2[C@](C)(CO)C(O)CC[C@]2(C)[C@H]1C/C=C1/C(=O)OCC1OC(=O)CNC(=O)OC(C)(C)C.[Ac].[Ac]. The number of aliphatic hydroxyl groups excluding tert-OH is 2. The van der Waals surface area contributed by atoms with Crippen LogP contribution < -0.4 is 5.32 Å². The molecule has 38 heavy (non-hydrogen) atoms. The van der Waals surface area contributed by atoms with E-state index in [2.05, 4.69) is 18.8 Å². The number of allylic oxidation sites excluding steroid dienone is 2. The minimum atomic E-state index is -0.859. The summed E-state index contributed by atoms with van der Waals surface area (Å²) < 4.78 is 15.7. The first-order valence-corrected chi connectivity index (χ1v) is 12.7.